The Bertz CT molecular complexity index is 1260. The molecule has 5 rings (SSSR count). The maximum absolute atomic E-state index is 13.1. The number of hydrogen-bond acceptors (Lipinski definition) is 7. The Kier molecular flexibility index (Phi) is 7.11. The SMILES string of the molecule is Cc1cc(C(F)(F)F)cc(O)c1-c1ccc(N2CCOC3CCN(C(=O)OCc4ccccc4)CC32)nn1. The van der Waals surface area contributed by atoms with E-state index in [0.29, 0.717) is 44.5 Å². The third-order valence-corrected chi connectivity index (χ3v) is 6.89. The fourth-order valence-corrected chi connectivity index (χ4v) is 5.01. The maximum atomic E-state index is 13.1. The number of rotatable bonds is 4. The number of carbonyl (C=O) groups excluding carboxylic acids is 1. The summed E-state index contributed by atoms with van der Waals surface area (Å²) < 4.78 is 50.7. The number of aromatic nitrogens is 2. The van der Waals surface area contributed by atoms with Crippen molar-refractivity contribution >= 4 is 11.9 Å². The molecule has 8 nitrogen and oxygen atoms in total. The molecule has 3 aromatic rings. The Morgan fingerprint density at radius 3 is 2.61 bits per heavy atom. The molecule has 0 spiro atoms. The van der Waals surface area contributed by atoms with E-state index < -0.39 is 23.6 Å². The number of phenolic OH excluding ortho intramolecular Hbond substituents is 1. The molecule has 2 unspecified atom stereocenters. The number of likely N-dealkylation sites (tertiary alicyclic amines) is 1. The number of anilines is 1. The third kappa shape index (κ3) is 5.38. The average Bonchev–Trinajstić information content (AvgIpc) is 2.91. The number of alkyl halides is 3. The van der Waals surface area contributed by atoms with Gasteiger partial charge in [0, 0.05) is 25.2 Å². The van der Waals surface area contributed by atoms with Crippen LogP contribution in [0.2, 0.25) is 0 Å². The van der Waals surface area contributed by atoms with Gasteiger partial charge in [-0.15, -0.1) is 10.2 Å². The number of benzene rings is 2. The molecule has 1 N–H and O–H groups in total. The molecule has 0 aliphatic carbocycles. The summed E-state index contributed by atoms with van der Waals surface area (Å²) >= 11 is 0. The Hall–Kier alpha value is -3.86. The highest BCUT2D eigenvalue weighted by molar-refractivity contribution is 5.72. The lowest BCUT2D eigenvalue weighted by Crippen LogP contribution is -2.61. The zero-order chi connectivity index (χ0) is 26.9. The number of hydrogen-bond donors (Lipinski definition) is 1. The van der Waals surface area contributed by atoms with Crippen LogP contribution in [0.1, 0.15) is 23.1 Å². The predicted octanol–water partition coefficient (Wildman–Crippen LogP) is 4.79. The highest BCUT2D eigenvalue weighted by Crippen LogP contribution is 2.38. The van der Waals surface area contributed by atoms with Gasteiger partial charge in [0.05, 0.1) is 30.0 Å². The van der Waals surface area contributed by atoms with Gasteiger partial charge in [0.1, 0.15) is 12.4 Å². The van der Waals surface area contributed by atoms with Crippen LogP contribution in [0.25, 0.3) is 11.3 Å². The standard InChI is InChI=1S/C27H27F3N4O4/c1-17-13-19(27(28,29)30)14-22(35)25(17)20-7-8-24(32-31-20)34-11-12-37-23-9-10-33(15-21(23)34)26(36)38-16-18-5-3-2-4-6-18/h2-8,13-14,21,23,35H,9-12,15-16H2,1H3. The predicted molar refractivity (Wildman–Crippen MR) is 133 cm³/mol. The molecule has 2 fully saturated rings. The van der Waals surface area contributed by atoms with E-state index in [2.05, 4.69) is 10.2 Å². The van der Waals surface area contributed by atoms with Crippen molar-refractivity contribution in [3.63, 3.8) is 0 Å². The van der Waals surface area contributed by atoms with Crippen LogP contribution in [0.5, 0.6) is 5.75 Å². The number of fused-ring (bicyclic) bond motifs is 1. The van der Waals surface area contributed by atoms with Gasteiger partial charge >= 0.3 is 12.3 Å². The monoisotopic (exact) mass is 528 g/mol. The molecular formula is C27H27F3N4O4. The van der Waals surface area contributed by atoms with Gasteiger partial charge in [0.2, 0.25) is 0 Å². The number of aromatic hydroxyl groups is 1. The first kappa shape index (κ1) is 25.8. The lowest BCUT2D eigenvalue weighted by atomic mass is 9.98. The van der Waals surface area contributed by atoms with Crippen molar-refractivity contribution < 1.29 is 32.5 Å². The van der Waals surface area contributed by atoms with E-state index in [-0.39, 0.29) is 35.6 Å². The summed E-state index contributed by atoms with van der Waals surface area (Å²) in [6.45, 7) is 3.60. The van der Waals surface area contributed by atoms with Crippen molar-refractivity contribution in [2.45, 2.75) is 38.3 Å². The Balaban J connectivity index is 1.30. The fraction of sp³-hybridized carbons (Fsp3) is 0.370. The summed E-state index contributed by atoms with van der Waals surface area (Å²) in [5.41, 5.74) is 0.675. The molecule has 0 radical (unpaired) electrons. The minimum absolute atomic E-state index is 0.0930. The van der Waals surface area contributed by atoms with Crippen LogP contribution in [-0.4, -0.2) is 64.7 Å². The zero-order valence-corrected chi connectivity index (χ0v) is 20.7. The number of aryl methyl sites for hydroxylation is 1. The van der Waals surface area contributed by atoms with Gasteiger partial charge in [-0.2, -0.15) is 13.2 Å². The first-order valence-corrected chi connectivity index (χ1v) is 12.3. The van der Waals surface area contributed by atoms with Gasteiger partial charge in [-0.1, -0.05) is 30.3 Å². The summed E-state index contributed by atoms with van der Waals surface area (Å²) in [6.07, 6.45) is -4.41. The minimum Gasteiger partial charge on any atom is -0.507 e. The lowest BCUT2D eigenvalue weighted by molar-refractivity contribution is -0.137. The van der Waals surface area contributed by atoms with Crippen molar-refractivity contribution in [1.82, 2.24) is 15.1 Å². The fourth-order valence-electron chi connectivity index (χ4n) is 5.01. The van der Waals surface area contributed by atoms with Crippen LogP contribution >= 0.6 is 0 Å². The number of phenols is 1. The second-order valence-electron chi connectivity index (χ2n) is 9.41. The molecule has 2 aromatic carbocycles. The summed E-state index contributed by atoms with van der Waals surface area (Å²) in [5, 5.41) is 18.8. The number of nitrogens with zero attached hydrogens (tertiary/aromatic N) is 4. The largest absolute Gasteiger partial charge is 0.507 e. The molecule has 2 aliphatic heterocycles. The van der Waals surface area contributed by atoms with E-state index >= 15 is 0 Å². The molecule has 0 saturated carbocycles. The molecule has 1 amide bonds. The normalized spacial score (nSPS) is 19.7. The number of halogens is 3. The van der Waals surface area contributed by atoms with Crippen molar-refractivity contribution in [1.29, 1.82) is 0 Å². The van der Waals surface area contributed by atoms with Crippen LogP contribution in [-0.2, 0) is 22.3 Å². The Morgan fingerprint density at radius 1 is 1.13 bits per heavy atom. The van der Waals surface area contributed by atoms with E-state index in [9.17, 15) is 23.1 Å². The quantitative estimate of drug-likeness (QED) is 0.521. The smallest absolute Gasteiger partial charge is 0.416 e. The number of piperidine rings is 1. The number of carbonyl (C=O) groups is 1. The van der Waals surface area contributed by atoms with Crippen molar-refractivity contribution in [2.24, 2.45) is 0 Å². The molecule has 2 atom stereocenters. The number of ether oxygens (including phenoxy) is 2. The van der Waals surface area contributed by atoms with Crippen molar-refractivity contribution in [2.75, 3.05) is 31.1 Å². The van der Waals surface area contributed by atoms with Crippen LogP contribution in [0.3, 0.4) is 0 Å². The summed E-state index contributed by atoms with van der Waals surface area (Å²) in [7, 11) is 0. The van der Waals surface area contributed by atoms with Crippen LogP contribution in [0, 0.1) is 6.92 Å². The second-order valence-corrected chi connectivity index (χ2v) is 9.41. The third-order valence-electron chi connectivity index (χ3n) is 6.89. The minimum atomic E-state index is -4.56. The number of morpholine rings is 1. The van der Waals surface area contributed by atoms with Gasteiger partial charge in [-0.05, 0) is 48.7 Å². The molecule has 3 heterocycles. The summed E-state index contributed by atoms with van der Waals surface area (Å²) in [5.74, 6) is 0.0401. The Morgan fingerprint density at radius 2 is 1.92 bits per heavy atom. The van der Waals surface area contributed by atoms with E-state index in [1.165, 1.54) is 6.92 Å². The van der Waals surface area contributed by atoms with E-state index in [1.807, 2.05) is 35.2 Å². The molecule has 2 aliphatic rings. The highest BCUT2D eigenvalue weighted by atomic mass is 19.4. The molecule has 11 heteroatoms. The summed E-state index contributed by atoms with van der Waals surface area (Å²) in [4.78, 5) is 16.5. The van der Waals surface area contributed by atoms with Gasteiger partial charge in [-0.25, -0.2) is 4.79 Å². The average molecular weight is 529 g/mol. The van der Waals surface area contributed by atoms with E-state index in [0.717, 1.165) is 11.6 Å². The lowest BCUT2D eigenvalue weighted by Gasteiger charge is -2.47. The Labute approximate surface area is 217 Å². The topological polar surface area (TPSA) is 88.0 Å². The second kappa shape index (κ2) is 10.5. The van der Waals surface area contributed by atoms with E-state index in [4.69, 9.17) is 9.47 Å². The first-order valence-electron chi connectivity index (χ1n) is 12.3. The first-order chi connectivity index (χ1) is 18.2. The molecule has 0 bridgehead atoms. The molecule has 200 valence electrons. The van der Waals surface area contributed by atoms with Gasteiger partial charge in [0.25, 0.3) is 0 Å². The van der Waals surface area contributed by atoms with E-state index in [1.54, 1.807) is 17.0 Å². The molecule has 38 heavy (non-hydrogen) atoms. The van der Waals surface area contributed by atoms with Gasteiger partial charge < -0.3 is 24.4 Å². The zero-order valence-electron chi connectivity index (χ0n) is 20.7. The van der Waals surface area contributed by atoms with Gasteiger partial charge in [0.15, 0.2) is 5.82 Å². The van der Waals surface area contributed by atoms with Crippen molar-refractivity contribution in [3.8, 4) is 17.0 Å². The van der Waals surface area contributed by atoms with Gasteiger partial charge in [-0.3, -0.25) is 0 Å². The maximum Gasteiger partial charge on any atom is 0.416 e. The van der Waals surface area contributed by atoms with Crippen LogP contribution in [0.4, 0.5) is 23.8 Å². The van der Waals surface area contributed by atoms with Crippen LogP contribution < -0.4 is 4.90 Å². The molecular weight excluding hydrogens is 501 g/mol. The highest BCUT2D eigenvalue weighted by Gasteiger charge is 2.40. The summed E-state index contributed by atoms with van der Waals surface area (Å²) in [6, 6.07) is 14.3. The molecule has 1 aromatic heterocycles. The van der Waals surface area contributed by atoms with Crippen LogP contribution in [0.15, 0.2) is 54.6 Å². The number of amides is 1. The molecule has 2 saturated heterocycles. The van der Waals surface area contributed by atoms with Crippen molar-refractivity contribution in [3.05, 3.63) is 71.3 Å².